The number of hydrogen-bond acceptors (Lipinski definition) is 2. The van der Waals surface area contributed by atoms with E-state index in [0.717, 1.165) is 58.4 Å². The molecule has 1 aromatic carbocycles. The van der Waals surface area contributed by atoms with E-state index in [9.17, 15) is 4.79 Å². The minimum absolute atomic E-state index is 0.222. The first-order valence-corrected chi connectivity index (χ1v) is 9.29. The lowest BCUT2D eigenvalue weighted by Gasteiger charge is -2.25. The minimum atomic E-state index is 0.222. The summed E-state index contributed by atoms with van der Waals surface area (Å²) in [4.78, 5) is 17.2. The van der Waals surface area contributed by atoms with Crippen molar-refractivity contribution in [2.45, 2.75) is 46.0 Å². The molecule has 1 amide bonds. The molecule has 3 nitrogen and oxygen atoms in total. The van der Waals surface area contributed by atoms with Crippen molar-refractivity contribution in [1.82, 2.24) is 9.80 Å². The van der Waals surface area contributed by atoms with E-state index in [1.165, 1.54) is 12.0 Å². The Bertz CT molecular complexity index is 456. The third-order valence-electron chi connectivity index (χ3n) is 5.02. The van der Waals surface area contributed by atoms with E-state index in [4.69, 9.17) is 0 Å². The molecule has 1 aliphatic rings. The quantitative estimate of drug-likeness (QED) is 0.767. The molecule has 23 heavy (non-hydrogen) atoms. The van der Waals surface area contributed by atoms with Crippen molar-refractivity contribution >= 4 is 5.91 Å². The van der Waals surface area contributed by atoms with E-state index in [-0.39, 0.29) is 5.92 Å². The average molecular weight is 316 g/mol. The van der Waals surface area contributed by atoms with Crippen LogP contribution >= 0.6 is 0 Å². The van der Waals surface area contributed by atoms with Crippen molar-refractivity contribution in [1.29, 1.82) is 0 Å². The van der Waals surface area contributed by atoms with E-state index in [2.05, 4.69) is 54.0 Å². The predicted molar refractivity (Wildman–Crippen MR) is 96.5 cm³/mol. The first-order chi connectivity index (χ1) is 11.2. The largest absolute Gasteiger partial charge is 0.341 e. The molecule has 1 heterocycles. The lowest BCUT2D eigenvalue weighted by molar-refractivity contribution is -0.135. The van der Waals surface area contributed by atoms with Crippen LogP contribution in [0.2, 0.25) is 0 Å². The Labute approximate surface area is 141 Å². The number of aryl methyl sites for hydroxylation is 1. The standard InChI is InChI=1S/C20H32N2O/c1-3-19(4-2)20(23)22-15-9-14-21(16-17-22)13-8-12-18-10-6-5-7-11-18/h5-7,10-11,19H,3-4,8-9,12-17H2,1-2H3. The molecule has 0 radical (unpaired) electrons. The Morgan fingerprint density at radius 1 is 1.04 bits per heavy atom. The zero-order valence-corrected chi connectivity index (χ0v) is 14.8. The van der Waals surface area contributed by atoms with Gasteiger partial charge in [0.25, 0.3) is 0 Å². The van der Waals surface area contributed by atoms with Crippen LogP contribution in [0, 0.1) is 5.92 Å². The lowest BCUT2D eigenvalue weighted by atomic mass is 10.0. The highest BCUT2D eigenvalue weighted by atomic mass is 16.2. The summed E-state index contributed by atoms with van der Waals surface area (Å²) in [5.74, 6) is 0.598. The second-order valence-corrected chi connectivity index (χ2v) is 6.62. The number of rotatable bonds is 7. The number of benzene rings is 1. The van der Waals surface area contributed by atoms with Crippen LogP contribution in [-0.4, -0.2) is 48.4 Å². The van der Waals surface area contributed by atoms with Gasteiger partial charge in [-0.1, -0.05) is 44.2 Å². The summed E-state index contributed by atoms with van der Waals surface area (Å²) in [7, 11) is 0. The van der Waals surface area contributed by atoms with E-state index in [1.807, 2.05) is 0 Å². The Balaban J connectivity index is 1.74. The molecule has 0 aromatic heterocycles. The van der Waals surface area contributed by atoms with Gasteiger partial charge in [-0.15, -0.1) is 0 Å². The van der Waals surface area contributed by atoms with E-state index < -0.39 is 0 Å². The van der Waals surface area contributed by atoms with Crippen molar-refractivity contribution in [3.05, 3.63) is 35.9 Å². The van der Waals surface area contributed by atoms with Gasteiger partial charge in [0.15, 0.2) is 0 Å². The summed E-state index contributed by atoms with van der Waals surface area (Å²) in [6.45, 7) is 9.38. The summed E-state index contributed by atoms with van der Waals surface area (Å²) in [6.07, 6.45) is 5.38. The fraction of sp³-hybridized carbons (Fsp3) is 0.650. The summed E-state index contributed by atoms with van der Waals surface area (Å²) in [5.41, 5.74) is 1.42. The smallest absolute Gasteiger partial charge is 0.225 e. The van der Waals surface area contributed by atoms with Crippen LogP contribution < -0.4 is 0 Å². The van der Waals surface area contributed by atoms with Crippen LogP contribution in [-0.2, 0) is 11.2 Å². The molecule has 0 N–H and O–H groups in total. The van der Waals surface area contributed by atoms with Crippen molar-refractivity contribution in [3.8, 4) is 0 Å². The molecule has 1 fully saturated rings. The third-order valence-corrected chi connectivity index (χ3v) is 5.02. The molecule has 1 aliphatic heterocycles. The zero-order chi connectivity index (χ0) is 16.5. The van der Waals surface area contributed by atoms with Crippen LogP contribution in [0.3, 0.4) is 0 Å². The summed E-state index contributed by atoms with van der Waals surface area (Å²) in [6, 6.07) is 10.7. The van der Waals surface area contributed by atoms with Gasteiger partial charge in [-0.2, -0.15) is 0 Å². The molecule has 0 atom stereocenters. The Hall–Kier alpha value is -1.35. The maximum Gasteiger partial charge on any atom is 0.225 e. The third kappa shape index (κ3) is 5.65. The number of nitrogens with zero attached hydrogens (tertiary/aromatic N) is 2. The summed E-state index contributed by atoms with van der Waals surface area (Å²) >= 11 is 0. The molecule has 128 valence electrons. The van der Waals surface area contributed by atoms with Crippen molar-refractivity contribution in [2.75, 3.05) is 32.7 Å². The van der Waals surface area contributed by atoms with Gasteiger partial charge in [0.05, 0.1) is 0 Å². The van der Waals surface area contributed by atoms with E-state index in [1.54, 1.807) is 0 Å². The molecule has 0 saturated carbocycles. The zero-order valence-electron chi connectivity index (χ0n) is 14.8. The molecule has 0 spiro atoms. The maximum absolute atomic E-state index is 12.5. The van der Waals surface area contributed by atoms with Crippen LogP contribution in [0.4, 0.5) is 0 Å². The van der Waals surface area contributed by atoms with Gasteiger partial charge < -0.3 is 9.80 Å². The molecule has 1 aromatic rings. The summed E-state index contributed by atoms with van der Waals surface area (Å²) < 4.78 is 0. The van der Waals surface area contributed by atoms with Gasteiger partial charge in [0.2, 0.25) is 5.91 Å². The monoisotopic (exact) mass is 316 g/mol. The molecule has 2 rings (SSSR count). The van der Waals surface area contributed by atoms with Crippen LogP contribution in [0.15, 0.2) is 30.3 Å². The first kappa shape index (κ1) is 18.0. The van der Waals surface area contributed by atoms with Gasteiger partial charge in [-0.05, 0) is 50.8 Å². The molecule has 0 unspecified atom stereocenters. The van der Waals surface area contributed by atoms with Crippen molar-refractivity contribution < 1.29 is 4.79 Å². The van der Waals surface area contributed by atoms with Gasteiger partial charge in [0.1, 0.15) is 0 Å². The molecule has 1 saturated heterocycles. The van der Waals surface area contributed by atoms with Gasteiger partial charge in [-0.25, -0.2) is 0 Å². The van der Waals surface area contributed by atoms with E-state index in [0.29, 0.717) is 5.91 Å². The van der Waals surface area contributed by atoms with Crippen molar-refractivity contribution in [3.63, 3.8) is 0 Å². The van der Waals surface area contributed by atoms with Crippen LogP contribution in [0.25, 0.3) is 0 Å². The number of amides is 1. The lowest BCUT2D eigenvalue weighted by Crippen LogP contribution is -2.38. The normalized spacial score (nSPS) is 16.6. The number of carbonyl (C=O) groups is 1. The maximum atomic E-state index is 12.5. The summed E-state index contributed by atoms with van der Waals surface area (Å²) in [5, 5.41) is 0. The number of carbonyl (C=O) groups excluding carboxylic acids is 1. The topological polar surface area (TPSA) is 23.6 Å². The van der Waals surface area contributed by atoms with Crippen LogP contribution in [0.1, 0.15) is 45.1 Å². The molecule has 0 aliphatic carbocycles. The van der Waals surface area contributed by atoms with Crippen molar-refractivity contribution in [2.24, 2.45) is 5.92 Å². The Morgan fingerprint density at radius 2 is 1.78 bits per heavy atom. The highest BCUT2D eigenvalue weighted by molar-refractivity contribution is 5.78. The predicted octanol–water partition coefficient (Wildman–Crippen LogP) is 3.59. The van der Waals surface area contributed by atoms with Gasteiger partial charge in [-0.3, -0.25) is 4.79 Å². The molecule has 3 heteroatoms. The van der Waals surface area contributed by atoms with Gasteiger partial charge in [0, 0.05) is 25.6 Å². The van der Waals surface area contributed by atoms with E-state index >= 15 is 0 Å². The average Bonchev–Trinajstić information content (AvgIpc) is 2.82. The molecule has 0 bridgehead atoms. The molecular formula is C20H32N2O. The minimum Gasteiger partial charge on any atom is -0.341 e. The highest BCUT2D eigenvalue weighted by Crippen LogP contribution is 2.14. The fourth-order valence-electron chi connectivity index (χ4n) is 3.46. The molecular weight excluding hydrogens is 284 g/mol. The highest BCUT2D eigenvalue weighted by Gasteiger charge is 2.23. The number of hydrogen-bond donors (Lipinski definition) is 0. The Kier molecular flexibility index (Phi) is 7.60. The first-order valence-electron chi connectivity index (χ1n) is 9.29. The fourth-order valence-corrected chi connectivity index (χ4v) is 3.46. The second kappa shape index (κ2) is 9.71. The Morgan fingerprint density at radius 3 is 2.48 bits per heavy atom. The second-order valence-electron chi connectivity index (χ2n) is 6.62. The van der Waals surface area contributed by atoms with Gasteiger partial charge >= 0.3 is 0 Å². The van der Waals surface area contributed by atoms with Crippen LogP contribution in [0.5, 0.6) is 0 Å². The SMILES string of the molecule is CCC(CC)C(=O)N1CCCN(CCCc2ccccc2)CC1.